The maximum Gasteiger partial charge on any atom is 0.166 e. The van der Waals surface area contributed by atoms with Crippen molar-refractivity contribution in [3.63, 3.8) is 0 Å². The van der Waals surface area contributed by atoms with Crippen LogP contribution in [-0.4, -0.2) is 0 Å². The molecule has 0 radical (unpaired) electrons. The van der Waals surface area contributed by atoms with E-state index in [-0.39, 0.29) is 0 Å². The lowest BCUT2D eigenvalue weighted by Gasteiger charge is -2.08. The molecule has 0 nitrogen and oxygen atoms in total. The summed E-state index contributed by atoms with van der Waals surface area (Å²) in [5, 5.41) is 0. The van der Waals surface area contributed by atoms with Gasteiger partial charge in [0, 0.05) is 5.56 Å². The van der Waals surface area contributed by atoms with Gasteiger partial charge in [-0.15, -0.1) is 0 Å². The van der Waals surface area contributed by atoms with Crippen molar-refractivity contribution in [1.29, 1.82) is 0 Å². The van der Waals surface area contributed by atoms with Gasteiger partial charge in [0.2, 0.25) is 0 Å². The average molecular weight is 407 g/mol. The van der Waals surface area contributed by atoms with Crippen LogP contribution in [-0.2, 0) is 6.42 Å². The van der Waals surface area contributed by atoms with Crippen molar-refractivity contribution in [1.82, 2.24) is 0 Å². The molecule has 0 saturated heterocycles. The Morgan fingerprint density at radius 1 is 0.567 bits per heavy atom. The smallest absolute Gasteiger partial charge is 0.166 e. The van der Waals surface area contributed by atoms with Crippen molar-refractivity contribution in [3.05, 3.63) is 83.9 Å². The van der Waals surface area contributed by atoms with E-state index in [0.717, 1.165) is 23.6 Å². The van der Waals surface area contributed by atoms with Crippen LogP contribution in [0.25, 0.3) is 22.3 Å². The molecule has 3 rings (SSSR count). The summed E-state index contributed by atoms with van der Waals surface area (Å²) in [6.07, 6.45) is 11.9. The molecule has 0 unspecified atom stereocenters. The number of rotatable bonds is 11. The summed E-state index contributed by atoms with van der Waals surface area (Å²) in [4.78, 5) is 0. The predicted octanol–water partition coefficient (Wildman–Crippen LogP) is 8.98. The van der Waals surface area contributed by atoms with E-state index in [1.807, 2.05) is 24.3 Å². The molecule has 0 N–H and O–H groups in total. The maximum absolute atomic E-state index is 14.0. The molecule has 0 bridgehead atoms. The van der Waals surface area contributed by atoms with Crippen LogP contribution in [0.3, 0.4) is 0 Å². The van der Waals surface area contributed by atoms with Crippen molar-refractivity contribution in [2.75, 3.05) is 0 Å². The van der Waals surface area contributed by atoms with Gasteiger partial charge < -0.3 is 0 Å². The number of hydrogen-bond acceptors (Lipinski definition) is 0. The van der Waals surface area contributed by atoms with Crippen molar-refractivity contribution < 1.29 is 8.78 Å². The minimum Gasteiger partial charge on any atom is -0.204 e. The molecular weight excluding hydrogens is 374 g/mol. The molecule has 0 spiro atoms. The second-order valence-electron chi connectivity index (χ2n) is 8.10. The fourth-order valence-corrected chi connectivity index (χ4v) is 3.90. The molecule has 0 aliphatic heterocycles. The number of hydrogen-bond donors (Lipinski definition) is 0. The Labute approximate surface area is 180 Å². The number of aryl methyl sites for hydroxylation is 1. The summed E-state index contributed by atoms with van der Waals surface area (Å²) in [6.45, 7) is 2.26. The highest BCUT2D eigenvalue weighted by atomic mass is 19.2. The van der Waals surface area contributed by atoms with Gasteiger partial charge in [0.05, 0.1) is 0 Å². The minimum absolute atomic E-state index is 0.294. The summed E-state index contributed by atoms with van der Waals surface area (Å²) < 4.78 is 27.5. The first-order valence-electron chi connectivity index (χ1n) is 11.3. The van der Waals surface area contributed by atoms with E-state index in [2.05, 4.69) is 31.2 Å². The van der Waals surface area contributed by atoms with Gasteiger partial charge in [0.25, 0.3) is 0 Å². The molecule has 0 heterocycles. The molecule has 0 amide bonds. The van der Waals surface area contributed by atoms with Gasteiger partial charge >= 0.3 is 0 Å². The fraction of sp³-hybridized carbons (Fsp3) is 0.357. The van der Waals surface area contributed by atoms with Crippen LogP contribution in [0, 0.1) is 11.6 Å². The Morgan fingerprint density at radius 3 is 1.73 bits per heavy atom. The molecule has 0 aromatic heterocycles. The zero-order chi connectivity index (χ0) is 21.2. The third-order valence-corrected chi connectivity index (χ3v) is 5.75. The highest BCUT2D eigenvalue weighted by molar-refractivity contribution is 5.70. The van der Waals surface area contributed by atoms with E-state index in [1.54, 1.807) is 6.07 Å². The molecule has 0 saturated carbocycles. The molecule has 158 valence electrons. The summed E-state index contributed by atoms with van der Waals surface area (Å²) in [5.41, 5.74) is 4.57. The summed E-state index contributed by atoms with van der Waals surface area (Å²) in [5.74, 6) is -1.61. The van der Waals surface area contributed by atoms with Gasteiger partial charge in [0.15, 0.2) is 11.6 Å². The largest absolute Gasteiger partial charge is 0.204 e. The molecule has 0 aliphatic carbocycles. The number of benzene rings is 3. The number of unbranched alkanes of at least 4 members (excludes halogenated alkanes) is 7. The topological polar surface area (TPSA) is 0 Å². The van der Waals surface area contributed by atoms with Crippen LogP contribution in [0.15, 0.2) is 66.7 Å². The van der Waals surface area contributed by atoms with Crippen molar-refractivity contribution in [3.8, 4) is 22.3 Å². The van der Waals surface area contributed by atoms with Crippen LogP contribution >= 0.6 is 0 Å². The second-order valence-corrected chi connectivity index (χ2v) is 8.10. The Hall–Kier alpha value is -2.48. The van der Waals surface area contributed by atoms with Crippen LogP contribution < -0.4 is 0 Å². The molecular formula is C28H32F2. The van der Waals surface area contributed by atoms with E-state index in [1.165, 1.54) is 63.0 Å². The lowest BCUT2D eigenvalue weighted by atomic mass is 9.98. The molecule has 2 heteroatoms. The lowest BCUT2D eigenvalue weighted by molar-refractivity contribution is 0.511. The molecule has 0 fully saturated rings. The first-order valence-corrected chi connectivity index (χ1v) is 11.3. The van der Waals surface area contributed by atoms with Crippen LogP contribution in [0.2, 0.25) is 0 Å². The van der Waals surface area contributed by atoms with Gasteiger partial charge in [-0.2, -0.15) is 0 Å². The third-order valence-electron chi connectivity index (χ3n) is 5.75. The predicted molar refractivity (Wildman–Crippen MR) is 124 cm³/mol. The van der Waals surface area contributed by atoms with Crippen molar-refractivity contribution >= 4 is 0 Å². The van der Waals surface area contributed by atoms with E-state index in [9.17, 15) is 8.78 Å². The summed E-state index contributed by atoms with van der Waals surface area (Å²) in [7, 11) is 0. The molecule has 30 heavy (non-hydrogen) atoms. The SMILES string of the molecule is CCCCCCCCCCc1ccc(-c2ccc(-c3cccc(F)c3F)cc2)cc1. The molecule has 0 atom stereocenters. The first kappa shape index (κ1) is 22.2. The van der Waals surface area contributed by atoms with Gasteiger partial charge in [-0.3, -0.25) is 0 Å². The Kier molecular flexibility index (Phi) is 8.62. The van der Waals surface area contributed by atoms with Gasteiger partial charge in [0.1, 0.15) is 0 Å². The molecule has 3 aromatic carbocycles. The van der Waals surface area contributed by atoms with Crippen LogP contribution in [0.5, 0.6) is 0 Å². The Bertz CT molecular complexity index is 895. The van der Waals surface area contributed by atoms with Crippen molar-refractivity contribution in [2.24, 2.45) is 0 Å². The van der Waals surface area contributed by atoms with Crippen LogP contribution in [0.1, 0.15) is 63.9 Å². The zero-order valence-electron chi connectivity index (χ0n) is 18.0. The number of halogens is 2. The first-order chi connectivity index (χ1) is 14.7. The highest BCUT2D eigenvalue weighted by Gasteiger charge is 2.09. The van der Waals surface area contributed by atoms with Crippen LogP contribution in [0.4, 0.5) is 8.78 Å². The Morgan fingerprint density at radius 2 is 1.10 bits per heavy atom. The highest BCUT2D eigenvalue weighted by Crippen LogP contribution is 2.28. The fourth-order valence-electron chi connectivity index (χ4n) is 3.90. The quantitative estimate of drug-likeness (QED) is 0.279. The van der Waals surface area contributed by atoms with E-state index in [4.69, 9.17) is 0 Å². The van der Waals surface area contributed by atoms with Crippen molar-refractivity contribution in [2.45, 2.75) is 64.7 Å². The molecule has 0 aliphatic rings. The standard InChI is InChI=1S/C28H32F2/c1-2-3-4-5-6-7-8-9-11-22-14-16-23(17-15-22)24-18-20-25(21-19-24)26-12-10-13-27(29)28(26)30/h10,12-21H,2-9,11H2,1H3. The van der Waals surface area contributed by atoms with Gasteiger partial charge in [-0.25, -0.2) is 8.78 Å². The molecule has 3 aromatic rings. The second kappa shape index (κ2) is 11.6. The minimum atomic E-state index is -0.816. The summed E-state index contributed by atoms with van der Waals surface area (Å²) in [6, 6.07) is 20.6. The lowest BCUT2D eigenvalue weighted by Crippen LogP contribution is -1.89. The van der Waals surface area contributed by atoms with Gasteiger partial charge in [-0.05, 0) is 41.2 Å². The normalized spacial score (nSPS) is 11.0. The third kappa shape index (κ3) is 6.26. The van der Waals surface area contributed by atoms with E-state index >= 15 is 0 Å². The average Bonchev–Trinajstić information content (AvgIpc) is 2.78. The zero-order valence-corrected chi connectivity index (χ0v) is 18.0. The maximum atomic E-state index is 14.0. The van der Waals surface area contributed by atoms with Gasteiger partial charge in [-0.1, -0.05) is 113 Å². The summed E-state index contributed by atoms with van der Waals surface area (Å²) >= 11 is 0. The Balaban J connectivity index is 1.50. The monoisotopic (exact) mass is 406 g/mol. The van der Waals surface area contributed by atoms with E-state index < -0.39 is 11.6 Å². The van der Waals surface area contributed by atoms with E-state index in [0.29, 0.717) is 11.1 Å².